The molecule has 0 aliphatic heterocycles. The first-order valence-corrected chi connectivity index (χ1v) is 10.0. The molecule has 3 unspecified atom stereocenters. The van der Waals surface area contributed by atoms with Crippen LogP contribution in [-0.2, 0) is 11.3 Å². The van der Waals surface area contributed by atoms with Crippen molar-refractivity contribution in [2.45, 2.75) is 45.2 Å². The summed E-state index contributed by atoms with van der Waals surface area (Å²) >= 11 is 0. The summed E-state index contributed by atoms with van der Waals surface area (Å²) in [7, 11) is 3.53. The number of amides is 1. The molecule has 1 aromatic rings. The first-order valence-electron chi connectivity index (χ1n) is 10.0. The maximum atomic E-state index is 12.0. The lowest BCUT2D eigenvalue weighted by molar-refractivity contribution is -0.127. The van der Waals surface area contributed by atoms with Crippen molar-refractivity contribution in [3.05, 3.63) is 29.8 Å². The van der Waals surface area contributed by atoms with Crippen LogP contribution in [0.1, 0.15) is 38.2 Å². The third-order valence-electron chi connectivity index (χ3n) is 5.65. The van der Waals surface area contributed by atoms with E-state index in [0.29, 0.717) is 25.2 Å². The van der Waals surface area contributed by atoms with Crippen LogP contribution in [0.2, 0.25) is 0 Å². The Morgan fingerprint density at radius 2 is 2.04 bits per heavy atom. The van der Waals surface area contributed by atoms with Crippen molar-refractivity contribution in [2.24, 2.45) is 16.8 Å². The van der Waals surface area contributed by atoms with Crippen LogP contribution < -0.4 is 15.4 Å². The fraction of sp³-hybridized carbons (Fsp3) is 0.619. The quantitative estimate of drug-likeness (QED) is 0.343. The van der Waals surface area contributed by atoms with Gasteiger partial charge in [-0.1, -0.05) is 24.6 Å². The number of likely N-dealkylation sites (N-methyl/N-ethyl adjacent to an activating group) is 1. The Balaban J connectivity index is 0.00000280. The number of ether oxygens (including phenoxy) is 1. The Labute approximate surface area is 185 Å². The second-order valence-corrected chi connectivity index (χ2v) is 7.77. The summed E-state index contributed by atoms with van der Waals surface area (Å²) in [6, 6.07) is 8.45. The maximum Gasteiger partial charge on any atom is 0.241 e. The van der Waals surface area contributed by atoms with E-state index < -0.39 is 0 Å². The van der Waals surface area contributed by atoms with Crippen LogP contribution >= 0.6 is 24.0 Å². The van der Waals surface area contributed by atoms with E-state index in [1.54, 1.807) is 19.0 Å². The third-order valence-corrected chi connectivity index (χ3v) is 5.65. The van der Waals surface area contributed by atoms with Crippen molar-refractivity contribution >= 4 is 35.8 Å². The van der Waals surface area contributed by atoms with Gasteiger partial charge in [-0.2, -0.15) is 0 Å². The molecule has 2 bridgehead atoms. The molecule has 3 atom stereocenters. The van der Waals surface area contributed by atoms with Gasteiger partial charge in [-0.05, 0) is 44.1 Å². The largest absolute Gasteiger partial charge is 0.494 e. The third kappa shape index (κ3) is 5.99. The Morgan fingerprint density at radius 1 is 1.25 bits per heavy atom. The summed E-state index contributed by atoms with van der Waals surface area (Å²) in [6.45, 7) is 3.37. The lowest BCUT2D eigenvalue weighted by Gasteiger charge is -2.25. The SMILES string of the molecule is CCOc1ccccc1CN=C(NCC(=O)N(C)C)NC1CC2CCC1C2.I. The van der Waals surface area contributed by atoms with Crippen LogP contribution in [0.5, 0.6) is 5.75 Å². The summed E-state index contributed by atoms with van der Waals surface area (Å²) in [4.78, 5) is 18.3. The van der Waals surface area contributed by atoms with Crippen LogP contribution in [0, 0.1) is 11.8 Å². The van der Waals surface area contributed by atoms with Gasteiger partial charge in [0.05, 0.1) is 19.7 Å². The van der Waals surface area contributed by atoms with Gasteiger partial charge in [0, 0.05) is 25.7 Å². The van der Waals surface area contributed by atoms with Crippen molar-refractivity contribution in [3.63, 3.8) is 0 Å². The number of para-hydroxylation sites is 1. The van der Waals surface area contributed by atoms with Gasteiger partial charge in [0.15, 0.2) is 5.96 Å². The molecule has 2 aliphatic rings. The molecule has 3 rings (SSSR count). The second kappa shape index (κ2) is 10.9. The highest BCUT2D eigenvalue weighted by Gasteiger charge is 2.39. The minimum atomic E-state index is 0. The molecule has 2 N–H and O–H groups in total. The number of halogens is 1. The molecular weight excluding hydrogens is 467 g/mol. The van der Waals surface area contributed by atoms with Gasteiger partial charge in [0.2, 0.25) is 5.91 Å². The van der Waals surface area contributed by atoms with Gasteiger partial charge < -0.3 is 20.3 Å². The first-order chi connectivity index (χ1) is 13.1. The van der Waals surface area contributed by atoms with E-state index >= 15 is 0 Å². The smallest absolute Gasteiger partial charge is 0.241 e. The molecule has 1 amide bonds. The molecule has 0 heterocycles. The number of nitrogens with one attached hydrogen (secondary N) is 2. The lowest BCUT2D eigenvalue weighted by Crippen LogP contribution is -2.48. The molecule has 7 heteroatoms. The van der Waals surface area contributed by atoms with Gasteiger partial charge in [-0.3, -0.25) is 4.79 Å². The van der Waals surface area contributed by atoms with Gasteiger partial charge >= 0.3 is 0 Å². The van der Waals surface area contributed by atoms with Crippen molar-refractivity contribution < 1.29 is 9.53 Å². The number of rotatable bonds is 7. The Morgan fingerprint density at radius 3 is 2.68 bits per heavy atom. The number of carbonyl (C=O) groups excluding carboxylic acids is 1. The predicted molar refractivity (Wildman–Crippen MR) is 123 cm³/mol. The van der Waals surface area contributed by atoms with Gasteiger partial charge in [0.1, 0.15) is 5.75 Å². The highest BCUT2D eigenvalue weighted by atomic mass is 127. The zero-order valence-corrected chi connectivity index (χ0v) is 19.4. The first kappa shape index (κ1) is 22.8. The number of hydrogen-bond donors (Lipinski definition) is 2. The molecule has 2 saturated carbocycles. The number of carbonyl (C=O) groups is 1. The van der Waals surface area contributed by atoms with Crippen LogP contribution in [0.15, 0.2) is 29.3 Å². The Bertz CT molecular complexity index is 680. The Kier molecular flexibility index (Phi) is 8.85. The van der Waals surface area contributed by atoms with Crippen molar-refractivity contribution in [2.75, 3.05) is 27.2 Å². The second-order valence-electron chi connectivity index (χ2n) is 7.77. The zero-order chi connectivity index (χ0) is 19.2. The van der Waals surface area contributed by atoms with Crippen LogP contribution in [-0.4, -0.2) is 50.1 Å². The molecule has 1 aromatic carbocycles. The monoisotopic (exact) mass is 500 g/mol. The van der Waals surface area contributed by atoms with Crippen LogP contribution in [0.4, 0.5) is 0 Å². The summed E-state index contributed by atoms with van der Waals surface area (Å²) in [5.74, 6) is 3.21. The summed E-state index contributed by atoms with van der Waals surface area (Å²) < 4.78 is 5.70. The van der Waals surface area contributed by atoms with Gasteiger partial charge in [-0.25, -0.2) is 4.99 Å². The Hall–Kier alpha value is -1.51. The number of hydrogen-bond acceptors (Lipinski definition) is 3. The number of fused-ring (bicyclic) bond motifs is 2. The summed E-state index contributed by atoms with van der Waals surface area (Å²) in [6.07, 6.45) is 5.21. The lowest BCUT2D eigenvalue weighted by atomic mass is 9.95. The predicted octanol–water partition coefficient (Wildman–Crippen LogP) is 3.02. The fourth-order valence-corrected chi connectivity index (χ4v) is 4.16. The number of guanidine groups is 1. The summed E-state index contributed by atoms with van der Waals surface area (Å²) in [5, 5.41) is 6.81. The van der Waals surface area contributed by atoms with E-state index in [2.05, 4.69) is 10.6 Å². The standard InChI is InChI=1S/C21H32N4O2.HI/c1-4-27-19-8-6-5-7-17(19)13-22-21(23-14-20(26)25(2)3)24-18-12-15-9-10-16(18)11-15;/h5-8,15-16,18H,4,9-14H2,1-3H3,(H2,22,23,24);1H. The normalized spacial score (nSPS) is 23.1. The molecule has 0 aromatic heterocycles. The minimum Gasteiger partial charge on any atom is -0.494 e. The zero-order valence-electron chi connectivity index (χ0n) is 17.1. The molecule has 156 valence electrons. The van der Waals surface area contributed by atoms with Crippen molar-refractivity contribution in [3.8, 4) is 5.75 Å². The molecular formula is C21H33IN4O2. The highest BCUT2D eigenvalue weighted by Crippen LogP contribution is 2.44. The number of nitrogens with zero attached hydrogens (tertiary/aromatic N) is 2. The fourth-order valence-electron chi connectivity index (χ4n) is 4.16. The molecule has 0 spiro atoms. The van der Waals surface area contributed by atoms with Crippen LogP contribution in [0.25, 0.3) is 0 Å². The molecule has 6 nitrogen and oxygen atoms in total. The van der Waals surface area contributed by atoms with Gasteiger partial charge in [-0.15, -0.1) is 24.0 Å². The number of benzene rings is 1. The average Bonchev–Trinajstić information content (AvgIpc) is 3.28. The molecule has 28 heavy (non-hydrogen) atoms. The van der Waals surface area contributed by atoms with Crippen LogP contribution in [0.3, 0.4) is 0 Å². The van der Waals surface area contributed by atoms with E-state index in [9.17, 15) is 4.79 Å². The van der Waals surface area contributed by atoms with E-state index in [1.807, 2.05) is 31.2 Å². The topological polar surface area (TPSA) is 66.0 Å². The van der Waals surface area contributed by atoms with Crippen molar-refractivity contribution in [1.82, 2.24) is 15.5 Å². The average molecular weight is 500 g/mol. The van der Waals surface area contributed by atoms with E-state index in [0.717, 1.165) is 23.1 Å². The van der Waals surface area contributed by atoms with E-state index in [4.69, 9.17) is 9.73 Å². The van der Waals surface area contributed by atoms with Gasteiger partial charge in [0.25, 0.3) is 0 Å². The minimum absolute atomic E-state index is 0. The van der Waals surface area contributed by atoms with Crippen molar-refractivity contribution in [1.29, 1.82) is 0 Å². The molecule has 0 radical (unpaired) electrons. The molecule has 2 aliphatic carbocycles. The van der Waals surface area contributed by atoms with E-state index in [-0.39, 0.29) is 36.4 Å². The number of aliphatic imine (C=N–C) groups is 1. The van der Waals surface area contributed by atoms with E-state index in [1.165, 1.54) is 25.7 Å². The molecule has 0 saturated heterocycles. The highest BCUT2D eigenvalue weighted by molar-refractivity contribution is 14.0. The molecule has 2 fully saturated rings. The summed E-state index contributed by atoms with van der Waals surface area (Å²) in [5.41, 5.74) is 1.05. The maximum absolute atomic E-state index is 12.0.